The van der Waals surface area contributed by atoms with Gasteiger partial charge in [0.15, 0.2) is 0 Å². The lowest BCUT2D eigenvalue weighted by Crippen LogP contribution is -1.73. The summed E-state index contributed by atoms with van der Waals surface area (Å²) >= 11 is 8.75. The second kappa shape index (κ2) is 5.17. The molecule has 0 N–H and O–H groups in total. The average Bonchev–Trinajstić information content (AvgIpc) is 2.55. The van der Waals surface area contributed by atoms with E-state index < -0.39 is 8.24 Å². The summed E-state index contributed by atoms with van der Waals surface area (Å²) in [6.07, 6.45) is 0. The summed E-state index contributed by atoms with van der Waals surface area (Å²) in [5.41, 5.74) is 1.45. The van der Waals surface area contributed by atoms with Crippen molar-refractivity contribution in [3.63, 3.8) is 0 Å². The van der Waals surface area contributed by atoms with Crippen LogP contribution in [0.4, 0.5) is 0 Å². The zero-order valence-electron chi connectivity index (χ0n) is 10.0. The van der Waals surface area contributed by atoms with E-state index in [9.17, 15) is 0 Å². The second-order valence-corrected chi connectivity index (χ2v) is 6.16. The first-order valence-electron chi connectivity index (χ1n) is 5.54. The highest BCUT2D eigenvalue weighted by Crippen LogP contribution is 2.34. The van der Waals surface area contributed by atoms with Crippen LogP contribution in [0.5, 0.6) is 0 Å². The molecule has 0 radical (unpaired) electrons. The molecule has 1 aromatic heterocycles. The van der Waals surface area contributed by atoms with Crippen molar-refractivity contribution < 1.29 is 12.9 Å². The quantitative estimate of drug-likeness (QED) is 0.626. The van der Waals surface area contributed by atoms with E-state index >= 15 is 0 Å². The molecule has 3 nitrogen and oxygen atoms in total. The van der Waals surface area contributed by atoms with Crippen LogP contribution in [-0.4, -0.2) is 7.11 Å². The van der Waals surface area contributed by atoms with Crippen molar-refractivity contribution in [3.8, 4) is 0 Å². The predicted molar refractivity (Wildman–Crippen MR) is 83.3 cm³/mol. The fraction of sp³-hybridized carbons (Fsp3) is 0.0769. The number of hydrogen-bond acceptors (Lipinski definition) is 5. The Morgan fingerprint density at radius 1 is 0.895 bits per heavy atom. The predicted octanol–water partition coefficient (Wildman–Crippen LogP) is 4.93. The number of rotatable bonds is 1. The Balaban J connectivity index is 2.58. The first kappa shape index (κ1) is 13.0. The molecule has 98 valence electrons. The van der Waals surface area contributed by atoms with Crippen LogP contribution in [-0.2, 0) is 0 Å². The largest absolute Gasteiger partial charge is 0.399 e. The molecule has 0 aliphatic carbocycles. The number of fused-ring (bicyclic) bond motifs is 3. The summed E-state index contributed by atoms with van der Waals surface area (Å²) in [5.74, 6) is 0. The van der Waals surface area contributed by atoms with Crippen LogP contribution in [0.3, 0.4) is 0 Å². The van der Waals surface area contributed by atoms with E-state index in [2.05, 4.69) is 25.3 Å². The lowest BCUT2D eigenvalue weighted by atomic mass is 10.1. The second-order valence-electron chi connectivity index (χ2n) is 3.95. The van der Waals surface area contributed by atoms with Gasteiger partial charge in [-0.3, -0.25) is 4.52 Å². The number of benzene rings is 2. The molecule has 1 heterocycles. The van der Waals surface area contributed by atoms with Gasteiger partial charge in [0.05, 0.1) is 7.11 Å². The Morgan fingerprint density at radius 2 is 1.37 bits per heavy atom. The molecule has 0 atom stereocenters. The van der Waals surface area contributed by atoms with Gasteiger partial charge in [-0.25, -0.2) is 0 Å². The molecule has 0 aliphatic heterocycles. The Labute approximate surface area is 122 Å². The lowest BCUT2D eigenvalue weighted by Gasteiger charge is -1.97. The Kier molecular flexibility index (Phi) is 3.54. The van der Waals surface area contributed by atoms with Crippen LogP contribution in [0.25, 0.3) is 21.9 Å². The Hall–Kier alpha value is -1.00. The van der Waals surface area contributed by atoms with Gasteiger partial charge in [0.2, 0.25) is 0 Å². The molecule has 19 heavy (non-hydrogen) atoms. The summed E-state index contributed by atoms with van der Waals surface area (Å²) < 4.78 is 16.7. The van der Waals surface area contributed by atoms with Crippen molar-refractivity contribution in [1.29, 1.82) is 0 Å². The molecule has 0 aliphatic rings. The van der Waals surface area contributed by atoms with E-state index in [4.69, 9.17) is 12.9 Å². The lowest BCUT2D eigenvalue weighted by molar-refractivity contribution is 0.454. The first-order chi connectivity index (χ1) is 9.17. The van der Waals surface area contributed by atoms with E-state index in [1.807, 2.05) is 36.4 Å². The van der Waals surface area contributed by atoms with Crippen molar-refractivity contribution in [2.45, 2.75) is 9.79 Å². The maximum absolute atomic E-state index is 5.74. The minimum atomic E-state index is -1.44. The standard InChI is InChI=1S/C13H11O3PS2/c1-14-17-15-12-4-2-8(18)6-10(12)11-7-9(19)3-5-13(11)16-17/h2-7,18-19H,1H3. The summed E-state index contributed by atoms with van der Waals surface area (Å²) in [7, 11) is 0.127. The highest BCUT2D eigenvalue weighted by Gasteiger charge is 2.07. The fourth-order valence-corrected chi connectivity index (χ4v) is 3.10. The highest BCUT2D eigenvalue weighted by atomic mass is 32.1. The van der Waals surface area contributed by atoms with Crippen molar-refractivity contribution >= 4 is 55.4 Å². The van der Waals surface area contributed by atoms with Gasteiger partial charge in [-0.2, -0.15) is 0 Å². The smallest absolute Gasteiger partial charge is 0.387 e. The molecule has 0 spiro atoms. The van der Waals surface area contributed by atoms with E-state index in [0.29, 0.717) is 0 Å². The Bertz CT molecular complexity index is 734. The van der Waals surface area contributed by atoms with E-state index in [-0.39, 0.29) is 0 Å². The van der Waals surface area contributed by atoms with Crippen LogP contribution in [0.1, 0.15) is 0 Å². The molecule has 0 amide bonds. The topological polar surface area (TPSA) is 35.5 Å². The van der Waals surface area contributed by atoms with Gasteiger partial charge < -0.3 is 8.39 Å². The van der Waals surface area contributed by atoms with Crippen LogP contribution in [0.15, 0.2) is 54.6 Å². The van der Waals surface area contributed by atoms with E-state index in [0.717, 1.165) is 31.7 Å². The molecular weight excluding hydrogens is 299 g/mol. The maximum Gasteiger partial charge on any atom is 0.387 e. The van der Waals surface area contributed by atoms with Gasteiger partial charge in [-0.05, 0) is 36.4 Å². The summed E-state index contributed by atoms with van der Waals surface area (Å²) in [4.78, 5) is 1.73. The summed E-state index contributed by atoms with van der Waals surface area (Å²) in [5, 5.41) is 1.86. The summed E-state index contributed by atoms with van der Waals surface area (Å²) in [6, 6.07) is 11.4. The average molecular weight is 310 g/mol. The van der Waals surface area contributed by atoms with Crippen molar-refractivity contribution in [2.24, 2.45) is 0 Å². The molecule has 6 heteroatoms. The van der Waals surface area contributed by atoms with Gasteiger partial charge >= 0.3 is 8.24 Å². The molecule has 2 aromatic carbocycles. The Morgan fingerprint density at radius 3 is 1.79 bits per heavy atom. The van der Waals surface area contributed by atoms with Gasteiger partial charge in [-0.1, -0.05) is 0 Å². The molecule has 3 rings (SSSR count). The van der Waals surface area contributed by atoms with Crippen LogP contribution >= 0.6 is 33.5 Å². The molecule has 0 bridgehead atoms. The van der Waals surface area contributed by atoms with E-state index in [1.54, 1.807) is 7.11 Å². The van der Waals surface area contributed by atoms with Gasteiger partial charge in [0.25, 0.3) is 0 Å². The minimum Gasteiger partial charge on any atom is -0.399 e. The van der Waals surface area contributed by atoms with Gasteiger partial charge in [0, 0.05) is 20.6 Å². The molecule has 0 fully saturated rings. The minimum absolute atomic E-state index is 0.725. The molecule has 3 aromatic rings. The molecule has 0 saturated carbocycles. The zero-order valence-corrected chi connectivity index (χ0v) is 12.7. The molecule has 0 unspecified atom stereocenters. The number of thiol groups is 2. The monoisotopic (exact) mass is 310 g/mol. The SMILES string of the molecule is COp1oc2ccc(S)cc2c2cc(S)ccc2o1. The zero-order chi connectivity index (χ0) is 13.4. The van der Waals surface area contributed by atoms with Crippen molar-refractivity contribution in [2.75, 3.05) is 7.11 Å². The third-order valence-electron chi connectivity index (χ3n) is 2.71. The normalized spacial score (nSPS) is 11.1. The van der Waals surface area contributed by atoms with Crippen LogP contribution in [0.2, 0.25) is 0 Å². The molecule has 0 saturated heterocycles. The summed E-state index contributed by atoms with van der Waals surface area (Å²) in [6.45, 7) is 0. The van der Waals surface area contributed by atoms with Crippen LogP contribution < -0.4 is 4.52 Å². The van der Waals surface area contributed by atoms with Gasteiger partial charge in [0.1, 0.15) is 11.2 Å². The van der Waals surface area contributed by atoms with Crippen LogP contribution in [0, 0.1) is 0 Å². The van der Waals surface area contributed by atoms with Gasteiger partial charge in [-0.15, -0.1) is 25.3 Å². The van der Waals surface area contributed by atoms with Crippen molar-refractivity contribution in [1.82, 2.24) is 0 Å². The third-order valence-corrected chi connectivity index (χ3v) is 4.26. The maximum atomic E-state index is 5.74. The number of hydrogen-bond donors (Lipinski definition) is 2. The fourth-order valence-electron chi connectivity index (χ4n) is 1.87. The first-order valence-corrected chi connectivity index (χ1v) is 7.53. The third kappa shape index (κ3) is 2.51. The van der Waals surface area contributed by atoms with E-state index in [1.165, 1.54) is 0 Å². The highest BCUT2D eigenvalue weighted by molar-refractivity contribution is 7.80. The molecular formula is C13H11O3PS2. The van der Waals surface area contributed by atoms with Crippen molar-refractivity contribution in [3.05, 3.63) is 36.4 Å².